The molecule has 76 valence electrons. The Morgan fingerprint density at radius 1 is 1.33 bits per heavy atom. The van der Waals surface area contributed by atoms with Crippen LogP contribution >= 0.6 is 0 Å². The van der Waals surface area contributed by atoms with Crippen molar-refractivity contribution < 1.29 is 9.90 Å². The summed E-state index contributed by atoms with van der Waals surface area (Å²) < 4.78 is 0. The average Bonchev–Trinajstić information content (AvgIpc) is 2.67. The maximum atomic E-state index is 10.4. The topological polar surface area (TPSA) is 80.9 Å². The molecular formula is C9H8N4O2. The van der Waals surface area contributed by atoms with Crippen LogP contribution in [0, 0.1) is 0 Å². The van der Waals surface area contributed by atoms with Gasteiger partial charge >= 0.3 is 5.97 Å². The number of aromatic nitrogens is 4. The highest BCUT2D eigenvalue weighted by Gasteiger charge is 2.07. The smallest absolute Gasteiger partial charge is 0.311 e. The second-order valence-corrected chi connectivity index (χ2v) is 2.90. The molecule has 6 heteroatoms. The van der Waals surface area contributed by atoms with Crippen molar-refractivity contribution in [3.05, 3.63) is 36.2 Å². The Hall–Kier alpha value is -2.24. The molecular weight excluding hydrogens is 196 g/mol. The van der Waals surface area contributed by atoms with Gasteiger partial charge in [-0.3, -0.25) is 4.79 Å². The van der Waals surface area contributed by atoms with Crippen LogP contribution in [-0.2, 0) is 11.2 Å². The summed E-state index contributed by atoms with van der Waals surface area (Å²) in [7, 11) is 0. The zero-order chi connectivity index (χ0) is 10.7. The van der Waals surface area contributed by atoms with Crippen LogP contribution in [0.15, 0.2) is 30.3 Å². The van der Waals surface area contributed by atoms with Gasteiger partial charge in [0.2, 0.25) is 0 Å². The molecule has 0 radical (unpaired) electrons. The van der Waals surface area contributed by atoms with Crippen LogP contribution in [0.1, 0.15) is 5.82 Å². The zero-order valence-corrected chi connectivity index (χ0v) is 7.74. The molecule has 0 aliphatic rings. The lowest BCUT2D eigenvalue weighted by Gasteiger charge is -1.95. The number of para-hydroxylation sites is 1. The molecule has 0 saturated heterocycles. The van der Waals surface area contributed by atoms with Crippen molar-refractivity contribution in [3.8, 4) is 5.69 Å². The number of hydrogen-bond donors (Lipinski definition) is 1. The van der Waals surface area contributed by atoms with Crippen molar-refractivity contribution in [1.29, 1.82) is 0 Å². The van der Waals surface area contributed by atoms with E-state index in [1.807, 2.05) is 30.3 Å². The van der Waals surface area contributed by atoms with Gasteiger partial charge < -0.3 is 5.11 Å². The van der Waals surface area contributed by atoms with E-state index in [-0.39, 0.29) is 12.2 Å². The molecule has 0 bridgehead atoms. The minimum Gasteiger partial charge on any atom is -0.481 e. The fourth-order valence-electron chi connectivity index (χ4n) is 1.12. The van der Waals surface area contributed by atoms with Crippen molar-refractivity contribution in [2.24, 2.45) is 0 Å². The fourth-order valence-corrected chi connectivity index (χ4v) is 1.12. The number of benzene rings is 1. The summed E-state index contributed by atoms with van der Waals surface area (Å²) in [5.41, 5.74) is 0.752. The highest BCUT2D eigenvalue weighted by molar-refractivity contribution is 5.68. The molecule has 0 unspecified atom stereocenters. The number of hydrogen-bond acceptors (Lipinski definition) is 4. The molecule has 0 aliphatic heterocycles. The average molecular weight is 204 g/mol. The third kappa shape index (κ3) is 2.16. The van der Waals surface area contributed by atoms with Gasteiger partial charge in [-0.25, -0.2) is 0 Å². The zero-order valence-electron chi connectivity index (χ0n) is 7.74. The third-order valence-corrected chi connectivity index (χ3v) is 1.75. The van der Waals surface area contributed by atoms with Crippen LogP contribution in [0.2, 0.25) is 0 Å². The molecule has 1 N–H and O–H groups in total. The molecule has 0 fully saturated rings. The van der Waals surface area contributed by atoms with Gasteiger partial charge in [-0.15, -0.1) is 15.0 Å². The molecule has 0 saturated carbocycles. The van der Waals surface area contributed by atoms with Crippen molar-refractivity contribution in [1.82, 2.24) is 20.2 Å². The van der Waals surface area contributed by atoms with E-state index in [4.69, 9.17) is 5.11 Å². The van der Waals surface area contributed by atoms with Crippen LogP contribution in [0.5, 0.6) is 0 Å². The highest BCUT2D eigenvalue weighted by Crippen LogP contribution is 2.02. The van der Waals surface area contributed by atoms with Crippen molar-refractivity contribution >= 4 is 5.97 Å². The maximum absolute atomic E-state index is 10.4. The summed E-state index contributed by atoms with van der Waals surface area (Å²) in [4.78, 5) is 11.7. The molecule has 6 nitrogen and oxygen atoms in total. The van der Waals surface area contributed by atoms with Crippen LogP contribution in [0.4, 0.5) is 0 Å². The van der Waals surface area contributed by atoms with Gasteiger partial charge in [0.25, 0.3) is 0 Å². The van der Waals surface area contributed by atoms with Gasteiger partial charge in [-0.2, -0.15) is 0 Å². The Morgan fingerprint density at radius 2 is 2.07 bits per heavy atom. The summed E-state index contributed by atoms with van der Waals surface area (Å²) in [5, 5.41) is 19.8. The molecule has 0 spiro atoms. The summed E-state index contributed by atoms with van der Waals surface area (Å²) in [6, 6.07) is 9.18. The van der Waals surface area contributed by atoms with E-state index < -0.39 is 5.97 Å². The van der Waals surface area contributed by atoms with Gasteiger partial charge in [0.15, 0.2) is 5.82 Å². The lowest BCUT2D eigenvalue weighted by atomic mass is 10.3. The lowest BCUT2D eigenvalue weighted by molar-refractivity contribution is -0.136. The molecule has 15 heavy (non-hydrogen) atoms. The van der Waals surface area contributed by atoms with Crippen molar-refractivity contribution in [2.45, 2.75) is 6.42 Å². The second kappa shape index (κ2) is 3.87. The predicted molar refractivity (Wildman–Crippen MR) is 50.5 cm³/mol. The minimum atomic E-state index is -0.970. The van der Waals surface area contributed by atoms with E-state index in [2.05, 4.69) is 15.4 Å². The second-order valence-electron chi connectivity index (χ2n) is 2.90. The number of tetrazole rings is 1. The number of aliphatic carboxylic acids is 1. The first-order valence-corrected chi connectivity index (χ1v) is 4.32. The van der Waals surface area contributed by atoms with Gasteiger partial charge in [-0.05, 0) is 17.3 Å². The standard InChI is InChI=1S/C9H8N4O2/c14-9(15)6-8-10-12-13(11-8)7-4-2-1-3-5-7/h1-5H,6H2,(H,14,15). The first-order valence-electron chi connectivity index (χ1n) is 4.32. The maximum Gasteiger partial charge on any atom is 0.311 e. The number of nitrogens with zero attached hydrogens (tertiary/aromatic N) is 4. The van der Waals surface area contributed by atoms with Gasteiger partial charge in [-0.1, -0.05) is 18.2 Å². The minimum absolute atomic E-state index is 0.200. The third-order valence-electron chi connectivity index (χ3n) is 1.75. The Kier molecular flexibility index (Phi) is 2.40. The normalized spacial score (nSPS) is 10.1. The summed E-state index contributed by atoms with van der Waals surface area (Å²) >= 11 is 0. The summed E-state index contributed by atoms with van der Waals surface area (Å²) in [5.74, 6) is -0.769. The predicted octanol–water partition coefficient (Wildman–Crippen LogP) is 0.289. The number of carboxylic acids is 1. The van der Waals surface area contributed by atoms with E-state index in [1.54, 1.807) is 0 Å². The Balaban J connectivity index is 2.24. The molecule has 1 aromatic heterocycles. The van der Waals surface area contributed by atoms with E-state index in [1.165, 1.54) is 4.80 Å². The Labute approximate surface area is 85.2 Å². The monoisotopic (exact) mass is 204 g/mol. The van der Waals surface area contributed by atoms with Crippen LogP contribution in [0.3, 0.4) is 0 Å². The van der Waals surface area contributed by atoms with Gasteiger partial charge in [0.1, 0.15) is 6.42 Å². The first-order chi connectivity index (χ1) is 7.25. The molecule has 0 atom stereocenters. The van der Waals surface area contributed by atoms with E-state index in [0.717, 1.165) is 5.69 Å². The fraction of sp³-hybridized carbons (Fsp3) is 0.111. The molecule has 2 aromatic rings. The lowest BCUT2D eigenvalue weighted by Crippen LogP contribution is -2.03. The van der Waals surface area contributed by atoms with Crippen molar-refractivity contribution in [3.63, 3.8) is 0 Å². The van der Waals surface area contributed by atoms with E-state index in [9.17, 15) is 4.79 Å². The Morgan fingerprint density at radius 3 is 2.73 bits per heavy atom. The van der Waals surface area contributed by atoms with Gasteiger partial charge in [0.05, 0.1) is 5.69 Å². The summed E-state index contributed by atoms with van der Waals surface area (Å²) in [6.07, 6.45) is -0.215. The number of carboxylic acid groups (broad SMARTS) is 1. The largest absolute Gasteiger partial charge is 0.481 e. The Bertz CT molecular complexity index is 466. The van der Waals surface area contributed by atoms with Crippen LogP contribution in [0.25, 0.3) is 5.69 Å². The van der Waals surface area contributed by atoms with Crippen LogP contribution < -0.4 is 0 Å². The first kappa shape index (κ1) is 9.32. The molecule has 1 heterocycles. The molecule has 2 rings (SSSR count). The summed E-state index contributed by atoms with van der Waals surface area (Å²) in [6.45, 7) is 0. The number of rotatable bonds is 3. The van der Waals surface area contributed by atoms with Gasteiger partial charge in [0, 0.05) is 0 Å². The molecule has 0 amide bonds. The SMILES string of the molecule is O=C(O)Cc1nnn(-c2ccccc2)n1. The number of carbonyl (C=O) groups is 1. The van der Waals surface area contributed by atoms with E-state index in [0.29, 0.717) is 0 Å². The molecule has 1 aromatic carbocycles. The van der Waals surface area contributed by atoms with Crippen LogP contribution in [-0.4, -0.2) is 31.3 Å². The quantitative estimate of drug-likeness (QED) is 0.777. The van der Waals surface area contributed by atoms with E-state index >= 15 is 0 Å². The van der Waals surface area contributed by atoms with Crippen molar-refractivity contribution in [2.75, 3.05) is 0 Å². The molecule has 0 aliphatic carbocycles. The highest BCUT2D eigenvalue weighted by atomic mass is 16.4.